The molecule has 2 N–H and O–H groups in total. The maximum absolute atomic E-state index is 5.40. The number of benzene rings is 1. The van der Waals surface area contributed by atoms with E-state index < -0.39 is 0 Å². The van der Waals surface area contributed by atoms with E-state index in [9.17, 15) is 0 Å². The number of hydrogen-bond donors (Lipinski definition) is 2. The van der Waals surface area contributed by atoms with E-state index in [4.69, 9.17) is 9.47 Å². The molecule has 96 valence electrons. The van der Waals surface area contributed by atoms with Crippen molar-refractivity contribution in [2.45, 2.75) is 13.3 Å². The van der Waals surface area contributed by atoms with Gasteiger partial charge < -0.3 is 20.1 Å². The van der Waals surface area contributed by atoms with Crippen LogP contribution in [-0.2, 0) is 6.42 Å². The van der Waals surface area contributed by atoms with Crippen LogP contribution in [0.15, 0.2) is 12.1 Å². The first-order valence-corrected chi connectivity index (χ1v) is 5.79. The molecule has 1 rings (SSSR count). The van der Waals surface area contributed by atoms with Gasteiger partial charge in [0.05, 0.1) is 14.2 Å². The fourth-order valence-electron chi connectivity index (χ4n) is 1.80. The lowest BCUT2D eigenvalue weighted by Crippen LogP contribution is -2.27. The van der Waals surface area contributed by atoms with Crippen LogP contribution in [0.3, 0.4) is 0 Å². The predicted octanol–water partition coefficient (Wildman–Crippen LogP) is 1.32. The Labute approximate surface area is 103 Å². The van der Waals surface area contributed by atoms with Crippen molar-refractivity contribution in [3.8, 4) is 11.5 Å². The third kappa shape index (κ3) is 3.91. The molecule has 0 saturated heterocycles. The number of hydrogen-bond acceptors (Lipinski definition) is 4. The topological polar surface area (TPSA) is 42.5 Å². The zero-order valence-electron chi connectivity index (χ0n) is 11.1. The van der Waals surface area contributed by atoms with Gasteiger partial charge in [-0.3, -0.25) is 0 Å². The highest BCUT2D eigenvalue weighted by molar-refractivity contribution is 5.46. The maximum Gasteiger partial charge on any atom is 0.126 e. The summed E-state index contributed by atoms with van der Waals surface area (Å²) in [4.78, 5) is 0. The van der Waals surface area contributed by atoms with Gasteiger partial charge in [-0.25, -0.2) is 0 Å². The molecule has 4 heteroatoms. The SMILES string of the molecule is CNCNCCc1c(C)cc(OC)cc1OC. The van der Waals surface area contributed by atoms with Gasteiger partial charge in [0.1, 0.15) is 11.5 Å². The highest BCUT2D eigenvalue weighted by atomic mass is 16.5. The highest BCUT2D eigenvalue weighted by Gasteiger charge is 2.08. The minimum Gasteiger partial charge on any atom is -0.497 e. The number of rotatable bonds is 7. The number of aryl methyl sites for hydroxylation is 1. The third-order valence-corrected chi connectivity index (χ3v) is 2.71. The van der Waals surface area contributed by atoms with Crippen molar-refractivity contribution in [2.75, 3.05) is 34.5 Å². The fraction of sp³-hybridized carbons (Fsp3) is 0.538. The zero-order valence-corrected chi connectivity index (χ0v) is 11.1. The van der Waals surface area contributed by atoms with E-state index in [2.05, 4.69) is 17.6 Å². The van der Waals surface area contributed by atoms with E-state index in [-0.39, 0.29) is 0 Å². The molecule has 0 aromatic heterocycles. The molecule has 0 saturated carbocycles. The zero-order chi connectivity index (χ0) is 12.7. The Balaban J connectivity index is 2.75. The summed E-state index contributed by atoms with van der Waals surface area (Å²) in [5.74, 6) is 1.74. The summed E-state index contributed by atoms with van der Waals surface area (Å²) >= 11 is 0. The molecule has 0 aliphatic heterocycles. The largest absolute Gasteiger partial charge is 0.497 e. The summed E-state index contributed by atoms with van der Waals surface area (Å²) in [6.45, 7) is 3.82. The van der Waals surface area contributed by atoms with Crippen LogP contribution in [0, 0.1) is 6.92 Å². The average molecular weight is 238 g/mol. The molecule has 0 aliphatic carbocycles. The van der Waals surface area contributed by atoms with Crippen LogP contribution in [0.5, 0.6) is 11.5 Å². The van der Waals surface area contributed by atoms with Gasteiger partial charge >= 0.3 is 0 Å². The highest BCUT2D eigenvalue weighted by Crippen LogP contribution is 2.28. The van der Waals surface area contributed by atoms with Crippen molar-refractivity contribution in [1.29, 1.82) is 0 Å². The molecule has 17 heavy (non-hydrogen) atoms. The number of ether oxygens (including phenoxy) is 2. The molecule has 0 atom stereocenters. The van der Waals surface area contributed by atoms with E-state index >= 15 is 0 Å². The third-order valence-electron chi connectivity index (χ3n) is 2.71. The fourth-order valence-corrected chi connectivity index (χ4v) is 1.80. The number of nitrogens with one attached hydrogen (secondary N) is 2. The van der Waals surface area contributed by atoms with E-state index in [1.54, 1.807) is 14.2 Å². The van der Waals surface area contributed by atoms with Crippen LogP contribution in [0.1, 0.15) is 11.1 Å². The molecule has 4 nitrogen and oxygen atoms in total. The van der Waals surface area contributed by atoms with Crippen molar-refractivity contribution in [1.82, 2.24) is 10.6 Å². The molecule has 1 aromatic carbocycles. The predicted molar refractivity (Wildman–Crippen MR) is 69.9 cm³/mol. The second kappa shape index (κ2) is 7.14. The molecule has 0 heterocycles. The molecule has 0 radical (unpaired) electrons. The second-order valence-corrected chi connectivity index (χ2v) is 3.91. The Morgan fingerprint density at radius 3 is 2.53 bits per heavy atom. The quantitative estimate of drug-likeness (QED) is 0.555. The molecule has 0 bridgehead atoms. The summed E-state index contributed by atoms with van der Waals surface area (Å²) in [6.07, 6.45) is 0.945. The molecule has 0 unspecified atom stereocenters. The monoisotopic (exact) mass is 238 g/mol. The summed E-state index contributed by atoms with van der Waals surface area (Å²) < 4.78 is 10.6. The molecule has 0 fully saturated rings. The lowest BCUT2D eigenvalue weighted by atomic mass is 10.0. The smallest absolute Gasteiger partial charge is 0.126 e. The van der Waals surface area contributed by atoms with Gasteiger partial charge in [-0.2, -0.15) is 0 Å². The minimum atomic E-state index is 0.817. The van der Waals surface area contributed by atoms with Crippen molar-refractivity contribution < 1.29 is 9.47 Å². The van der Waals surface area contributed by atoms with E-state index in [1.807, 2.05) is 19.2 Å². The summed E-state index contributed by atoms with van der Waals surface area (Å²) in [5.41, 5.74) is 2.43. The first kappa shape index (κ1) is 13.8. The summed E-state index contributed by atoms with van der Waals surface area (Å²) in [7, 11) is 5.29. The first-order valence-electron chi connectivity index (χ1n) is 5.79. The molecule has 0 aliphatic rings. The van der Waals surface area contributed by atoms with E-state index in [0.29, 0.717) is 0 Å². The van der Waals surface area contributed by atoms with Crippen LogP contribution in [0.2, 0.25) is 0 Å². The summed E-state index contributed by atoms with van der Waals surface area (Å²) in [6, 6.07) is 3.97. The van der Waals surface area contributed by atoms with Gasteiger partial charge in [0.2, 0.25) is 0 Å². The molecule has 0 amide bonds. The van der Waals surface area contributed by atoms with Gasteiger partial charge in [-0.05, 0) is 37.6 Å². The van der Waals surface area contributed by atoms with Crippen LogP contribution < -0.4 is 20.1 Å². The number of methoxy groups -OCH3 is 2. The van der Waals surface area contributed by atoms with Crippen molar-refractivity contribution in [2.24, 2.45) is 0 Å². The lowest BCUT2D eigenvalue weighted by molar-refractivity contribution is 0.390. The van der Waals surface area contributed by atoms with Crippen LogP contribution in [0.4, 0.5) is 0 Å². The van der Waals surface area contributed by atoms with Crippen LogP contribution in [-0.4, -0.2) is 34.5 Å². The molecular weight excluding hydrogens is 216 g/mol. The van der Waals surface area contributed by atoms with E-state index in [0.717, 1.165) is 31.1 Å². The average Bonchev–Trinajstić information content (AvgIpc) is 2.35. The normalized spacial score (nSPS) is 10.4. The van der Waals surface area contributed by atoms with E-state index in [1.165, 1.54) is 11.1 Å². The summed E-state index contributed by atoms with van der Waals surface area (Å²) in [5, 5.41) is 6.35. The van der Waals surface area contributed by atoms with Gasteiger partial charge in [0, 0.05) is 19.3 Å². The Morgan fingerprint density at radius 1 is 1.18 bits per heavy atom. The van der Waals surface area contributed by atoms with Gasteiger partial charge in [-0.1, -0.05) is 0 Å². The van der Waals surface area contributed by atoms with Crippen LogP contribution >= 0.6 is 0 Å². The lowest BCUT2D eigenvalue weighted by Gasteiger charge is -2.14. The molecule has 0 spiro atoms. The minimum absolute atomic E-state index is 0.817. The van der Waals surface area contributed by atoms with Gasteiger partial charge in [-0.15, -0.1) is 0 Å². The van der Waals surface area contributed by atoms with Crippen molar-refractivity contribution in [3.05, 3.63) is 23.3 Å². The van der Waals surface area contributed by atoms with Gasteiger partial charge in [0.15, 0.2) is 0 Å². The maximum atomic E-state index is 5.40. The van der Waals surface area contributed by atoms with Gasteiger partial charge in [0.25, 0.3) is 0 Å². The van der Waals surface area contributed by atoms with Crippen LogP contribution in [0.25, 0.3) is 0 Å². The first-order chi connectivity index (χ1) is 8.22. The van der Waals surface area contributed by atoms with Crippen molar-refractivity contribution in [3.63, 3.8) is 0 Å². The Kier molecular flexibility index (Phi) is 5.80. The second-order valence-electron chi connectivity index (χ2n) is 3.91. The molecular formula is C13H22N2O2. The Morgan fingerprint density at radius 2 is 1.94 bits per heavy atom. The van der Waals surface area contributed by atoms with Crippen molar-refractivity contribution >= 4 is 0 Å². The Hall–Kier alpha value is -1.26. The molecule has 1 aromatic rings. The standard InChI is InChI=1S/C13H22N2O2/c1-10-7-11(16-3)8-13(17-4)12(10)5-6-15-9-14-2/h7-8,14-15H,5-6,9H2,1-4H3. The Bertz CT molecular complexity index is 354.